The van der Waals surface area contributed by atoms with E-state index in [9.17, 15) is 0 Å². The smallest absolute Gasteiger partial charge is 0.169 e. The molecule has 0 aromatic carbocycles. The molecule has 1 rings (SSSR count). The Bertz CT molecular complexity index is 190. The molecule has 1 aliphatic heterocycles. The molecule has 0 saturated carbocycles. The van der Waals surface area contributed by atoms with Gasteiger partial charge in [-0.05, 0) is 52.2 Å². The summed E-state index contributed by atoms with van der Waals surface area (Å²) in [6, 6.07) is 0. The highest BCUT2D eigenvalue weighted by Crippen LogP contribution is 2.09. The van der Waals surface area contributed by atoms with E-state index in [1.54, 1.807) is 0 Å². The first-order chi connectivity index (χ1) is 8.76. The first-order valence-electron chi connectivity index (χ1n) is 7.42. The van der Waals surface area contributed by atoms with Gasteiger partial charge in [0.05, 0.1) is 0 Å². The zero-order valence-electron chi connectivity index (χ0n) is 12.3. The molecule has 1 unspecified atom stereocenters. The van der Waals surface area contributed by atoms with Crippen molar-refractivity contribution < 1.29 is 9.47 Å². The molecule has 4 heteroatoms. The molecule has 0 amide bonds. The Labute approximate surface area is 112 Å². The molecule has 18 heavy (non-hydrogen) atoms. The zero-order valence-corrected chi connectivity index (χ0v) is 12.3. The Morgan fingerprint density at radius 2 is 1.67 bits per heavy atom. The first kappa shape index (κ1) is 15.9. The van der Waals surface area contributed by atoms with Gasteiger partial charge in [-0.15, -0.1) is 0 Å². The fourth-order valence-corrected chi connectivity index (χ4v) is 2.46. The predicted molar refractivity (Wildman–Crippen MR) is 74.7 cm³/mol. The van der Waals surface area contributed by atoms with Crippen molar-refractivity contribution in [3.8, 4) is 0 Å². The summed E-state index contributed by atoms with van der Waals surface area (Å²) >= 11 is 0. The monoisotopic (exact) mass is 258 g/mol. The summed E-state index contributed by atoms with van der Waals surface area (Å²) in [4.78, 5) is 2.56. The fraction of sp³-hybridized carbons (Fsp3) is 1.00. The molecular formula is C14H30N2O2. The first-order valence-corrected chi connectivity index (χ1v) is 7.42. The van der Waals surface area contributed by atoms with E-state index in [2.05, 4.69) is 17.1 Å². The highest BCUT2D eigenvalue weighted by Gasteiger charge is 2.15. The number of nitrogens with zero attached hydrogens (tertiary/aromatic N) is 1. The lowest BCUT2D eigenvalue weighted by Gasteiger charge is -2.22. The van der Waals surface area contributed by atoms with E-state index in [1.807, 2.05) is 13.8 Å². The normalized spacial score (nSPS) is 18.7. The van der Waals surface area contributed by atoms with Crippen LogP contribution in [0.2, 0.25) is 0 Å². The van der Waals surface area contributed by atoms with E-state index >= 15 is 0 Å². The maximum atomic E-state index is 5.50. The zero-order chi connectivity index (χ0) is 13.2. The largest absolute Gasteiger partial charge is 0.352 e. The molecule has 0 bridgehead atoms. The van der Waals surface area contributed by atoms with Gasteiger partial charge in [-0.1, -0.05) is 6.92 Å². The number of ether oxygens (including phenoxy) is 2. The third-order valence-corrected chi connectivity index (χ3v) is 3.28. The Balaban J connectivity index is 2.06. The molecule has 0 aliphatic carbocycles. The van der Waals surface area contributed by atoms with Crippen molar-refractivity contribution in [2.45, 2.75) is 39.9 Å². The predicted octanol–water partition coefficient (Wildman–Crippen LogP) is 1.71. The van der Waals surface area contributed by atoms with Crippen molar-refractivity contribution >= 4 is 0 Å². The molecular weight excluding hydrogens is 228 g/mol. The molecule has 0 spiro atoms. The van der Waals surface area contributed by atoms with E-state index in [0.717, 1.165) is 13.1 Å². The number of nitrogens with one attached hydrogen (secondary N) is 1. The summed E-state index contributed by atoms with van der Waals surface area (Å²) in [5, 5.41) is 3.45. The molecule has 0 aromatic heterocycles. The van der Waals surface area contributed by atoms with Gasteiger partial charge in [0.1, 0.15) is 0 Å². The highest BCUT2D eigenvalue weighted by molar-refractivity contribution is 4.70. The van der Waals surface area contributed by atoms with Gasteiger partial charge < -0.3 is 19.7 Å². The second kappa shape index (κ2) is 9.73. The molecule has 1 heterocycles. The van der Waals surface area contributed by atoms with Crippen LogP contribution in [0.5, 0.6) is 0 Å². The van der Waals surface area contributed by atoms with Crippen LogP contribution in [0.25, 0.3) is 0 Å². The lowest BCUT2D eigenvalue weighted by molar-refractivity contribution is -0.133. The van der Waals surface area contributed by atoms with Crippen molar-refractivity contribution in [1.29, 1.82) is 0 Å². The van der Waals surface area contributed by atoms with Crippen molar-refractivity contribution in [2.24, 2.45) is 5.92 Å². The van der Waals surface area contributed by atoms with Crippen LogP contribution in [0.3, 0.4) is 0 Å². The van der Waals surface area contributed by atoms with E-state index in [1.165, 1.54) is 32.5 Å². The second-order valence-electron chi connectivity index (χ2n) is 5.11. The van der Waals surface area contributed by atoms with Gasteiger partial charge in [0.25, 0.3) is 0 Å². The standard InChI is InChI=1S/C14H30N2O2/c1-4-17-14(18-5-2)11-15-10-13(3)12-16-8-6-7-9-16/h13-15H,4-12H2,1-3H3. The van der Waals surface area contributed by atoms with Gasteiger partial charge in [0.15, 0.2) is 6.29 Å². The van der Waals surface area contributed by atoms with Gasteiger partial charge in [-0.2, -0.15) is 0 Å². The molecule has 108 valence electrons. The third-order valence-electron chi connectivity index (χ3n) is 3.28. The fourth-order valence-electron chi connectivity index (χ4n) is 2.46. The van der Waals surface area contributed by atoms with Crippen LogP contribution >= 0.6 is 0 Å². The molecule has 1 aliphatic rings. The number of likely N-dealkylation sites (tertiary alicyclic amines) is 1. The van der Waals surface area contributed by atoms with Crippen LogP contribution in [0.4, 0.5) is 0 Å². The third kappa shape index (κ3) is 6.69. The number of hydrogen-bond donors (Lipinski definition) is 1. The highest BCUT2D eigenvalue weighted by atomic mass is 16.7. The average Bonchev–Trinajstić information content (AvgIpc) is 2.82. The van der Waals surface area contributed by atoms with Crippen LogP contribution in [-0.4, -0.2) is 57.1 Å². The number of hydrogen-bond acceptors (Lipinski definition) is 4. The van der Waals surface area contributed by atoms with E-state index in [4.69, 9.17) is 9.47 Å². The van der Waals surface area contributed by atoms with Crippen LogP contribution < -0.4 is 5.32 Å². The summed E-state index contributed by atoms with van der Waals surface area (Å²) in [6.07, 6.45) is 2.65. The maximum Gasteiger partial charge on any atom is 0.169 e. The molecule has 1 N–H and O–H groups in total. The molecule has 0 aromatic rings. The van der Waals surface area contributed by atoms with E-state index in [0.29, 0.717) is 19.1 Å². The number of rotatable bonds is 10. The summed E-state index contributed by atoms with van der Waals surface area (Å²) in [6.45, 7) is 13.3. The van der Waals surface area contributed by atoms with Gasteiger partial charge in [0.2, 0.25) is 0 Å². The van der Waals surface area contributed by atoms with Crippen LogP contribution in [0.15, 0.2) is 0 Å². The van der Waals surface area contributed by atoms with Crippen molar-refractivity contribution in [2.75, 3.05) is 45.9 Å². The van der Waals surface area contributed by atoms with Crippen LogP contribution in [-0.2, 0) is 9.47 Å². The van der Waals surface area contributed by atoms with Gasteiger partial charge in [0, 0.05) is 26.3 Å². The van der Waals surface area contributed by atoms with Crippen molar-refractivity contribution in [3.63, 3.8) is 0 Å². The Kier molecular flexibility index (Phi) is 8.59. The Morgan fingerprint density at radius 3 is 2.22 bits per heavy atom. The van der Waals surface area contributed by atoms with Gasteiger partial charge >= 0.3 is 0 Å². The van der Waals surface area contributed by atoms with Gasteiger partial charge in [-0.3, -0.25) is 0 Å². The quantitative estimate of drug-likeness (QED) is 0.605. The molecule has 1 fully saturated rings. The Hall–Kier alpha value is -0.160. The minimum atomic E-state index is -0.0982. The average molecular weight is 258 g/mol. The van der Waals surface area contributed by atoms with Crippen molar-refractivity contribution in [3.05, 3.63) is 0 Å². The minimum Gasteiger partial charge on any atom is -0.352 e. The SMILES string of the molecule is CCOC(CNCC(C)CN1CCCC1)OCC. The van der Waals surface area contributed by atoms with Gasteiger partial charge in [-0.25, -0.2) is 0 Å². The summed E-state index contributed by atoms with van der Waals surface area (Å²) in [7, 11) is 0. The lowest BCUT2D eigenvalue weighted by Crippen LogP contribution is -2.37. The van der Waals surface area contributed by atoms with Crippen molar-refractivity contribution in [1.82, 2.24) is 10.2 Å². The van der Waals surface area contributed by atoms with Crippen LogP contribution in [0, 0.1) is 5.92 Å². The summed E-state index contributed by atoms with van der Waals surface area (Å²) in [5.74, 6) is 0.687. The topological polar surface area (TPSA) is 33.7 Å². The molecule has 0 radical (unpaired) electrons. The Morgan fingerprint density at radius 1 is 1.06 bits per heavy atom. The van der Waals surface area contributed by atoms with E-state index < -0.39 is 0 Å². The molecule has 4 nitrogen and oxygen atoms in total. The summed E-state index contributed by atoms with van der Waals surface area (Å²) < 4.78 is 11.0. The molecule has 1 atom stereocenters. The lowest BCUT2D eigenvalue weighted by atomic mass is 10.1. The second-order valence-corrected chi connectivity index (χ2v) is 5.11. The van der Waals surface area contributed by atoms with E-state index in [-0.39, 0.29) is 6.29 Å². The van der Waals surface area contributed by atoms with Crippen LogP contribution in [0.1, 0.15) is 33.6 Å². The minimum absolute atomic E-state index is 0.0982. The maximum absolute atomic E-state index is 5.50. The molecule has 1 saturated heterocycles. The summed E-state index contributed by atoms with van der Waals surface area (Å²) in [5.41, 5.74) is 0.